The molecule has 142 valence electrons. The van der Waals surface area contributed by atoms with E-state index in [1.54, 1.807) is 0 Å². The molecule has 0 N–H and O–H groups in total. The molecule has 7 atom stereocenters. The summed E-state index contributed by atoms with van der Waals surface area (Å²) in [6.45, 7) is 11.5. The number of carbonyl (C=O) groups excluding carboxylic acids is 1. The Labute approximate surface area is 154 Å². The lowest BCUT2D eigenvalue weighted by atomic mass is 9.45. The minimum absolute atomic E-state index is 0.0214. The second-order valence-electron chi connectivity index (χ2n) is 11.2. The molecule has 4 fully saturated rings. The zero-order valence-corrected chi connectivity index (χ0v) is 17.1. The van der Waals surface area contributed by atoms with Crippen molar-refractivity contribution in [2.45, 2.75) is 104 Å². The van der Waals surface area contributed by atoms with Crippen LogP contribution < -0.4 is 0 Å². The first-order valence-corrected chi connectivity index (χ1v) is 10.8. The highest BCUT2D eigenvalue weighted by molar-refractivity contribution is 5.87. The molecule has 0 amide bonds. The SMILES string of the molecule is CC(C)(C)O[C@@H]1CC[C@@]2(C)[C@@H](CC[C@@H]3[C@H]2CC[C@]2(C)C(=O)CC[C@@H]32)C1. The molecule has 25 heavy (non-hydrogen) atoms. The maximum absolute atomic E-state index is 12.5. The van der Waals surface area contributed by atoms with Gasteiger partial charge in [0.1, 0.15) is 5.78 Å². The lowest BCUT2D eigenvalue weighted by Gasteiger charge is -2.60. The average Bonchev–Trinajstić information content (AvgIpc) is 2.82. The van der Waals surface area contributed by atoms with Crippen molar-refractivity contribution in [3.63, 3.8) is 0 Å². The molecule has 0 aromatic rings. The normalized spacial score (nSPS) is 50.1. The van der Waals surface area contributed by atoms with Crippen LogP contribution in [-0.2, 0) is 9.53 Å². The van der Waals surface area contributed by atoms with Gasteiger partial charge in [-0.25, -0.2) is 0 Å². The third-order valence-corrected chi connectivity index (χ3v) is 8.85. The van der Waals surface area contributed by atoms with Gasteiger partial charge in [-0.3, -0.25) is 4.79 Å². The highest BCUT2D eigenvalue weighted by Gasteiger charge is 2.60. The Kier molecular flexibility index (Phi) is 4.19. The third-order valence-electron chi connectivity index (χ3n) is 8.85. The largest absolute Gasteiger partial charge is 0.373 e. The molecule has 0 unspecified atom stereocenters. The minimum Gasteiger partial charge on any atom is -0.373 e. The van der Waals surface area contributed by atoms with Gasteiger partial charge < -0.3 is 4.74 Å². The van der Waals surface area contributed by atoms with Crippen molar-refractivity contribution < 1.29 is 9.53 Å². The fraction of sp³-hybridized carbons (Fsp3) is 0.957. The first kappa shape index (κ1) is 18.0. The van der Waals surface area contributed by atoms with Crippen molar-refractivity contribution in [1.82, 2.24) is 0 Å². The number of fused-ring (bicyclic) bond motifs is 5. The summed E-state index contributed by atoms with van der Waals surface area (Å²) in [4.78, 5) is 12.5. The summed E-state index contributed by atoms with van der Waals surface area (Å²) in [5, 5.41) is 0. The number of carbonyl (C=O) groups is 1. The number of rotatable bonds is 1. The summed E-state index contributed by atoms with van der Waals surface area (Å²) in [6.07, 6.45) is 11.5. The van der Waals surface area contributed by atoms with Gasteiger partial charge in [0.05, 0.1) is 11.7 Å². The second kappa shape index (κ2) is 5.81. The maximum atomic E-state index is 12.5. The van der Waals surface area contributed by atoms with Crippen LogP contribution in [0.15, 0.2) is 0 Å². The lowest BCUT2D eigenvalue weighted by Crippen LogP contribution is -2.54. The van der Waals surface area contributed by atoms with Gasteiger partial charge in [-0.05, 0) is 101 Å². The summed E-state index contributed by atoms with van der Waals surface area (Å²) >= 11 is 0. The number of ether oxygens (including phenoxy) is 1. The highest BCUT2D eigenvalue weighted by atomic mass is 16.5. The van der Waals surface area contributed by atoms with Gasteiger partial charge in [0.15, 0.2) is 0 Å². The predicted molar refractivity (Wildman–Crippen MR) is 101 cm³/mol. The fourth-order valence-corrected chi connectivity index (χ4v) is 7.60. The number of hydrogen-bond donors (Lipinski definition) is 0. The fourth-order valence-electron chi connectivity index (χ4n) is 7.60. The van der Waals surface area contributed by atoms with Crippen LogP contribution in [0.3, 0.4) is 0 Å². The Bertz CT molecular complexity index is 547. The van der Waals surface area contributed by atoms with Crippen LogP contribution in [0.4, 0.5) is 0 Å². The van der Waals surface area contributed by atoms with Gasteiger partial charge in [-0.1, -0.05) is 13.8 Å². The quantitative estimate of drug-likeness (QED) is 0.601. The van der Waals surface area contributed by atoms with Crippen molar-refractivity contribution in [2.24, 2.45) is 34.5 Å². The van der Waals surface area contributed by atoms with Crippen molar-refractivity contribution >= 4 is 5.78 Å². The van der Waals surface area contributed by atoms with Gasteiger partial charge in [0.2, 0.25) is 0 Å². The Morgan fingerprint density at radius 1 is 0.960 bits per heavy atom. The number of hydrogen-bond acceptors (Lipinski definition) is 2. The van der Waals surface area contributed by atoms with Crippen molar-refractivity contribution in [1.29, 1.82) is 0 Å². The van der Waals surface area contributed by atoms with E-state index in [2.05, 4.69) is 34.6 Å². The molecule has 4 aliphatic rings. The van der Waals surface area contributed by atoms with E-state index in [1.165, 1.54) is 44.9 Å². The molecule has 0 saturated heterocycles. The second-order valence-corrected chi connectivity index (χ2v) is 11.2. The number of ketones is 1. The van der Waals surface area contributed by atoms with E-state index in [-0.39, 0.29) is 11.0 Å². The van der Waals surface area contributed by atoms with E-state index in [1.807, 2.05) is 0 Å². The summed E-state index contributed by atoms with van der Waals surface area (Å²) in [6, 6.07) is 0. The first-order chi connectivity index (χ1) is 11.6. The molecule has 2 nitrogen and oxygen atoms in total. The summed E-state index contributed by atoms with van der Waals surface area (Å²) in [5.41, 5.74) is 0.497. The van der Waals surface area contributed by atoms with Gasteiger partial charge in [0.25, 0.3) is 0 Å². The van der Waals surface area contributed by atoms with E-state index in [0.29, 0.717) is 23.2 Å². The molecule has 2 heteroatoms. The van der Waals surface area contributed by atoms with E-state index >= 15 is 0 Å². The molecule has 0 aromatic heterocycles. The Hall–Kier alpha value is -0.370. The molecule has 4 aliphatic carbocycles. The number of Topliss-reactive ketones (excluding diaryl/α,β-unsaturated/α-hetero) is 1. The average molecular weight is 347 g/mol. The minimum atomic E-state index is -0.0214. The van der Waals surface area contributed by atoms with E-state index < -0.39 is 0 Å². The van der Waals surface area contributed by atoms with E-state index in [9.17, 15) is 4.79 Å². The van der Waals surface area contributed by atoms with E-state index in [0.717, 1.165) is 30.6 Å². The molecule has 0 radical (unpaired) electrons. The Morgan fingerprint density at radius 3 is 2.44 bits per heavy atom. The topological polar surface area (TPSA) is 26.3 Å². The maximum Gasteiger partial charge on any atom is 0.139 e. The Morgan fingerprint density at radius 2 is 1.72 bits per heavy atom. The van der Waals surface area contributed by atoms with E-state index in [4.69, 9.17) is 4.74 Å². The lowest BCUT2D eigenvalue weighted by molar-refractivity contribution is -0.155. The zero-order chi connectivity index (χ0) is 18.0. The smallest absolute Gasteiger partial charge is 0.139 e. The zero-order valence-electron chi connectivity index (χ0n) is 17.1. The third kappa shape index (κ3) is 2.82. The molecule has 4 saturated carbocycles. The van der Waals surface area contributed by atoms with Crippen LogP contribution in [0.1, 0.15) is 92.4 Å². The van der Waals surface area contributed by atoms with Crippen LogP contribution in [0, 0.1) is 34.5 Å². The molecule has 0 spiro atoms. The van der Waals surface area contributed by atoms with Gasteiger partial charge >= 0.3 is 0 Å². The summed E-state index contributed by atoms with van der Waals surface area (Å²) < 4.78 is 6.36. The van der Waals surface area contributed by atoms with Gasteiger partial charge in [-0.2, -0.15) is 0 Å². The molecule has 0 aromatic carbocycles. The molecule has 0 aliphatic heterocycles. The van der Waals surface area contributed by atoms with Gasteiger partial charge in [-0.15, -0.1) is 0 Å². The van der Waals surface area contributed by atoms with Gasteiger partial charge in [0, 0.05) is 11.8 Å². The van der Waals surface area contributed by atoms with Crippen molar-refractivity contribution in [3.05, 3.63) is 0 Å². The molecule has 0 bridgehead atoms. The van der Waals surface area contributed by atoms with Crippen molar-refractivity contribution in [2.75, 3.05) is 0 Å². The highest BCUT2D eigenvalue weighted by Crippen LogP contribution is 2.65. The summed E-state index contributed by atoms with van der Waals surface area (Å²) in [7, 11) is 0. The standard InChI is InChI=1S/C23H38O2/c1-21(2,3)25-16-10-12-22(4)15(14-16)6-7-17-18-8-9-20(24)23(18,5)13-11-19(17)22/h15-19H,6-14H2,1-5H3/t15-,16+,17-,18-,19+,22-,23-/m0/s1. The van der Waals surface area contributed by atoms with Crippen LogP contribution in [-0.4, -0.2) is 17.5 Å². The van der Waals surface area contributed by atoms with Crippen LogP contribution >= 0.6 is 0 Å². The van der Waals surface area contributed by atoms with Crippen LogP contribution in [0.25, 0.3) is 0 Å². The Balaban J connectivity index is 1.52. The monoisotopic (exact) mass is 346 g/mol. The van der Waals surface area contributed by atoms with Crippen LogP contribution in [0.2, 0.25) is 0 Å². The molecular formula is C23H38O2. The predicted octanol–water partition coefficient (Wildman–Crippen LogP) is 5.78. The van der Waals surface area contributed by atoms with Crippen molar-refractivity contribution in [3.8, 4) is 0 Å². The molecule has 4 rings (SSSR count). The molecule has 0 heterocycles. The first-order valence-electron chi connectivity index (χ1n) is 10.8. The molecular weight excluding hydrogens is 308 g/mol. The van der Waals surface area contributed by atoms with Crippen LogP contribution in [0.5, 0.6) is 0 Å². The summed E-state index contributed by atoms with van der Waals surface area (Å²) in [5.74, 6) is 3.75.